The second kappa shape index (κ2) is 8.79. The quantitative estimate of drug-likeness (QED) is 0.692. The highest BCUT2D eigenvalue weighted by atomic mass is 16.2. The van der Waals surface area contributed by atoms with Crippen molar-refractivity contribution in [3.8, 4) is 0 Å². The number of carbonyl (C=O) groups excluding carboxylic acids is 3. The molecule has 2 aromatic carbocycles. The standard InChI is InChI=1S/C24H28N4O3/c1-17-5-4-6-18(15-17)10-13-25-21(29)16-28-14-12-24(11-9-22(28)30)26-20-8-3-2-7-19(20)23(31)27-24/h2-8,15,26H,9-14,16H2,1H3,(H,25,29)(H,27,31)/t24-/m0/s1. The summed E-state index contributed by atoms with van der Waals surface area (Å²) in [6, 6.07) is 15.6. The topological polar surface area (TPSA) is 90.5 Å². The number of rotatable bonds is 5. The lowest BCUT2D eigenvalue weighted by molar-refractivity contribution is -0.135. The van der Waals surface area contributed by atoms with E-state index in [1.54, 1.807) is 11.0 Å². The number of likely N-dealkylation sites (tertiary alicyclic amines) is 1. The molecule has 0 bridgehead atoms. The molecule has 1 fully saturated rings. The van der Waals surface area contributed by atoms with Gasteiger partial charge in [-0.2, -0.15) is 0 Å². The van der Waals surface area contributed by atoms with Crippen molar-refractivity contribution >= 4 is 23.4 Å². The first-order valence-corrected chi connectivity index (χ1v) is 10.7. The van der Waals surface area contributed by atoms with Crippen LogP contribution in [0.4, 0.5) is 5.69 Å². The number of nitrogens with zero attached hydrogens (tertiary/aromatic N) is 1. The van der Waals surface area contributed by atoms with Gasteiger partial charge in [-0.3, -0.25) is 14.4 Å². The Morgan fingerprint density at radius 1 is 1.10 bits per heavy atom. The van der Waals surface area contributed by atoms with E-state index in [0.717, 1.165) is 12.1 Å². The first-order chi connectivity index (χ1) is 14.9. The monoisotopic (exact) mass is 420 g/mol. The minimum Gasteiger partial charge on any atom is -0.362 e. The van der Waals surface area contributed by atoms with E-state index >= 15 is 0 Å². The smallest absolute Gasteiger partial charge is 0.255 e. The van der Waals surface area contributed by atoms with Gasteiger partial charge >= 0.3 is 0 Å². The van der Waals surface area contributed by atoms with Crippen LogP contribution in [0.5, 0.6) is 0 Å². The molecule has 162 valence electrons. The second-order valence-corrected chi connectivity index (χ2v) is 8.36. The summed E-state index contributed by atoms with van der Waals surface area (Å²) in [7, 11) is 0. The molecule has 0 aliphatic carbocycles. The van der Waals surface area contributed by atoms with Crippen LogP contribution in [-0.4, -0.2) is 47.9 Å². The normalized spacial score (nSPS) is 20.5. The molecule has 2 aromatic rings. The van der Waals surface area contributed by atoms with Crippen LogP contribution in [0.2, 0.25) is 0 Å². The highest BCUT2D eigenvalue weighted by Gasteiger charge is 2.40. The van der Waals surface area contributed by atoms with Gasteiger partial charge in [0, 0.05) is 31.6 Å². The molecular formula is C24H28N4O3. The van der Waals surface area contributed by atoms with Crippen molar-refractivity contribution in [1.82, 2.24) is 15.5 Å². The third-order valence-electron chi connectivity index (χ3n) is 5.98. The minimum absolute atomic E-state index is 0.0350. The molecule has 0 aromatic heterocycles. The molecule has 0 radical (unpaired) electrons. The molecule has 2 aliphatic rings. The fraction of sp³-hybridized carbons (Fsp3) is 0.375. The summed E-state index contributed by atoms with van der Waals surface area (Å²) in [5.41, 5.74) is 3.08. The van der Waals surface area contributed by atoms with Gasteiger partial charge in [-0.05, 0) is 37.5 Å². The van der Waals surface area contributed by atoms with Crippen molar-refractivity contribution in [3.63, 3.8) is 0 Å². The van der Waals surface area contributed by atoms with Crippen LogP contribution < -0.4 is 16.0 Å². The molecule has 3 N–H and O–H groups in total. The van der Waals surface area contributed by atoms with Gasteiger partial charge in [-0.1, -0.05) is 42.0 Å². The van der Waals surface area contributed by atoms with Crippen molar-refractivity contribution in [2.75, 3.05) is 25.0 Å². The van der Waals surface area contributed by atoms with Crippen molar-refractivity contribution in [2.45, 2.75) is 38.3 Å². The van der Waals surface area contributed by atoms with E-state index in [-0.39, 0.29) is 30.7 Å². The van der Waals surface area contributed by atoms with E-state index in [4.69, 9.17) is 0 Å². The van der Waals surface area contributed by atoms with Gasteiger partial charge in [0.25, 0.3) is 5.91 Å². The molecule has 1 spiro atoms. The van der Waals surface area contributed by atoms with Gasteiger partial charge in [-0.25, -0.2) is 0 Å². The lowest BCUT2D eigenvalue weighted by Gasteiger charge is -2.39. The summed E-state index contributed by atoms with van der Waals surface area (Å²) in [6.07, 6.45) is 2.04. The highest BCUT2D eigenvalue weighted by molar-refractivity contribution is 6.02. The Balaban J connectivity index is 1.32. The lowest BCUT2D eigenvalue weighted by Crippen LogP contribution is -2.58. The summed E-state index contributed by atoms with van der Waals surface area (Å²) >= 11 is 0. The van der Waals surface area contributed by atoms with Crippen molar-refractivity contribution in [1.29, 1.82) is 0 Å². The van der Waals surface area contributed by atoms with Crippen LogP contribution in [0.15, 0.2) is 48.5 Å². The van der Waals surface area contributed by atoms with Gasteiger partial charge in [0.2, 0.25) is 11.8 Å². The third-order valence-corrected chi connectivity index (χ3v) is 5.98. The predicted octanol–water partition coefficient (Wildman–Crippen LogP) is 2.22. The maximum atomic E-state index is 12.6. The summed E-state index contributed by atoms with van der Waals surface area (Å²) in [5, 5.41) is 9.38. The Bertz CT molecular complexity index is 1010. The SMILES string of the molecule is Cc1cccc(CCNC(=O)CN2CC[C@]3(CCC2=O)NC(=O)c2ccccc2N3)c1. The number of hydrogen-bond acceptors (Lipinski definition) is 4. The summed E-state index contributed by atoms with van der Waals surface area (Å²) in [4.78, 5) is 39.2. The molecule has 4 rings (SSSR count). The zero-order valence-electron chi connectivity index (χ0n) is 17.7. The van der Waals surface area contributed by atoms with Gasteiger partial charge in [0.05, 0.1) is 12.1 Å². The molecule has 0 unspecified atom stereocenters. The Labute approximate surface area is 182 Å². The van der Waals surface area contributed by atoms with E-state index in [1.165, 1.54) is 11.1 Å². The van der Waals surface area contributed by atoms with E-state index in [2.05, 4.69) is 22.0 Å². The van der Waals surface area contributed by atoms with Crippen molar-refractivity contribution in [2.24, 2.45) is 0 Å². The second-order valence-electron chi connectivity index (χ2n) is 8.36. The molecule has 1 atom stereocenters. The first-order valence-electron chi connectivity index (χ1n) is 10.7. The molecule has 31 heavy (non-hydrogen) atoms. The summed E-state index contributed by atoms with van der Waals surface area (Å²) in [6.45, 7) is 3.01. The number of para-hydroxylation sites is 1. The Morgan fingerprint density at radius 2 is 1.94 bits per heavy atom. The molecule has 2 heterocycles. The molecule has 2 aliphatic heterocycles. The van der Waals surface area contributed by atoms with Crippen LogP contribution >= 0.6 is 0 Å². The summed E-state index contributed by atoms with van der Waals surface area (Å²) in [5.74, 6) is -0.368. The van der Waals surface area contributed by atoms with E-state index in [9.17, 15) is 14.4 Å². The molecule has 3 amide bonds. The minimum atomic E-state index is -0.669. The van der Waals surface area contributed by atoms with Gasteiger partial charge < -0.3 is 20.9 Å². The van der Waals surface area contributed by atoms with Crippen LogP contribution in [0.25, 0.3) is 0 Å². The van der Waals surface area contributed by atoms with Crippen molar-refractivity contribution < 1.29 is 14.4 Å². The van der Waals surface area contributed by atoms with E-state index in [0.29, 0.717) is 31.5 Å². The Kier molecular flexibility index (Phi) is 5.93. The third kappa shape index (κ3) is 4.87. The van der Waals surface area contributed by atoms with Gasteiger partial charge in [0.15, 0.2) is 0 Å². The summed E-state index contributed by atoms with van der Waals surface area (Å²) < 4.78 is 0. The lowest BCUT2D eigenvalue weighted by atomic mass is 9.95. The maximum absolute atomic E-state index is 12.6. The number of fused-ring (bicyclic) bond motifs is 1. The molecule has 7 heteroatoms. The first kappa shape index (κ1) is 20.9. The molecular weight excluding hydrogens is 392 g/mol. The number of benzene rings is 2. The molecule has 1 saturated heterocycles. The number of amides is 3. The van der Waals surface area contributed by atoms with E-state index in [1.807, 2.05) is 43.3 Å². The van der Waals surface area contributed by atoms with Gasteiger partial charge in [0.1, 0.15) is 5.66 Å². The fourth-order valence-corrected chi connectivity index (χ4v) is 4.28. The highest BCUT2D eigenvalue weighted by Crippen LogP contribution is 2.31. The molecule has 0 saturated carbocycles. The zero-order valence-corrected chi connectivity index (χ0v) is 17.7. The Hall–Kier alpha value is -3.35. The average Bonchev–Trinajstić information content (AvgIpc) is 2.88. The Morgan fingerprint density at radius 3 is 2.77 bits per heavy atom. The maximum Gasteiger partial charge on any atom is 0.255 e. The largest absolute Gasteiger partial charge is 0.362 e. The number of carbonyl (C=O) groups is 3. The van der Waals surface area contributed by atoms with Crippen LogP contribution in [-0.2, 0) is 16.0 Å². The number of aryl methyl sites for hydroxylation is 1. The number of anilines is 1. The predicted molar refractivity (Wildman–Crippen MR) is 119 cm³/mol. The average molecular weight is 421 g/mol. The number of hydrogen-bond donors (Lipinski definition) is 3. The van der Waals surface area contributed by atoms with Crippen LogP contribution in [0, 0.1) is 6.92 Å². The van der Waals surface area contributed by atoms with Crippen LogP contribution in [0.1, 0.15) is 40.7 Å². The van der Waals surface area contributed by atoms with E-state index < -0.39 is 5.66 Å². The molecule has 7 nitrogen and oxygen atoms in total. The zero-order chi connectivity index (χ0) is 21.8. The van der Waals surface area contributed by atoms with Gasteiger partial charge in [-0.15, -0.1) is 0 Å². The fourth-order valence-electron chi connectivity index (χ4n) is 4.28. The van der Waals surface area contributed by atoms with Crippen molar-refractivity contribution in [3.05, 3.63) is 65.2 Å². The number of nitrogens with one attached hydrogen (secondary N) is 3. The van der Waals surface area contributed by atoms with Crippen LogP contribution in [0.3, 0.4) is 0 Å².